The number of nitrogens with zero attached hydrogens (tertiary/aromatic N) is 1. The zero-order chi connectivity index (χ0) is 12.3. The molecule has 17 heavy (non-hydrogen) atoms. The Morgan fingerprint density at radius 3 is 2.94 bits per heavy atom. The highest BCUT2D eigenvalue weighted by molar-refractivity contribution is 5.94. The first-order valence-corrected chi connectivity index (χ1v) is 6.22. The van der Waals surface area contributed by atoms with Gasteiger partial charge in [0.05, 0.1) is 0 Å². The second kappa shape index (κ2) is 5.32. The van der Waals surface area contributed by atoms with Crippen LogP contribution in [0, 0.1) is 0 Å². The van der Waals surface area contributed by atoms with Crippen molar-refractivity contribution < 1.29 is 9.90 Å². The van der Waals surface area contributed by atoms with Crippen molar-refractivity contribution in [2.45, 2.75) is 26.2 Å². The molecular weight excluding hydrogens is 214 g/mol. The first-order valence-electron chi connectivity index (χ1n) is 6.22. The molecule has 3 nitrogen and oxygen atoms in total. The van der Waals surface area contributed by atoms with Gasteiger partial charge in [-0.05, 0) is 49.9 Å². The molecule has 0 aromatic heterocycles. The molecule has 1 aromatic rings. The van der Waals surface area contributed by atoms with Crippen LogP contribution in [0.25, 0.3) is 0 Å². The molecular formula is C14H19NO2. The number of carbonyl (C=O) groups excluding carboxylic acids is 1. The third-order valence-corrected chi connectivity index (χ3v) is 3.31. The molecule has 3 heteroatoms. The third kappa shape index (κ3) is 2.67. The summed E-state index contributed by atoms with van der Waals surface area (Å²) in [5.41, 5.74) is 3.34. The lowest BCUT2D eigenvalue weighted by Crippen LogP contribution is -2.21. The van der Waals surface area contributed by atoms with Gasteiger partial charge in [-0.25, -0.2) is 0 Å². The summed E-state index contributed by atoms with van der Waals surface area (Å²) in [6, 6.07) is 5.98. The number of rotatable bonds is 5. The van der Waals surface area contributed by atoms with Gasteiger partial charge in [0, 0.05) is 30.9 Å². The maximum Gasteiger partial charge on any atom is 0.159 e. The van der Waals surface area contributed by atoms with Gasteiger partial charge in [-0.1, -0.05) is 0 Å². The fourth-order valence-corrected chi connectivity index (χ4v) is 2.34. The number of Topliss-reactive ketones (excluding diaryl/α,β-unsaturated/α-hetero) is 1. The van der Waals surface area contributed by atoms with E-state index in [1.54, 1.807) is 6.92 Å². The molecule has 92 valence electrons. The Kier molecular flexibility index (Phi) is 3.79. The van der Waals surface area contributed by atoms with Gasteiger partial charge in [0.1, 0.15) is 0 Å². The molecule has 0 saturated heterocycles. The number of unbranched alkanes of at least 4 members (excludes halogenated alkanes) is 1. The van der Waals surface area contributed by atoms with Gasteiger partial charge in [-0.3, -0.25) is 4.79 Å². The maximum atomic E-state index is 11.3. The molecule has 1 aromatic carbocycles. The molecule has 2 rings (SSSR count). The SMILES string of the molecule is CC(=O)c1ccc2c(c1)CCN2CCCCO. The molecule has 0 atom stereocenters. The highest BCUT2D eigenvalue weighted by atomic mass is 16.2. The Bertz CT molecular complexity index is 415. The number of aliphatic hydroxyl groups excluding tert-OH is 1. The van der Waals surface area contributed by atoms with Crippen molar-refractivity contribution in [3.8, 4) is 0 Å². The zero-order valence-electron chi connectivity index (χ0n) is 10.3. The average Bonchev–Trinajstić information content (AvgIpc) is 2.72. The van der Waals surface area contributed by atoms with E-state index < -0.39 is 0 Å². The van der Waals surface area contributed by atoms with E-state index >= 15 is 0 Å². The van der Waals surface area contributed by atoms with Crippen LogP contribution in [-0.2, 0) is 6.42 Å². The van der Waals surface area contributed by atoms with E-state index in [-0.39, 0.29) is 12.4 Å². The fourth-order valence-electron chi connectivity index (χ4n) is 2.34. The summed E-state index contributed by atoms with van der Waals surface area (Å²) in [4.78, 5) is 13.6. The predicted octanol–water partition coefficient (Wildman–Crippen LogP) is 2.02. The Morgan fingerprint density at radius 2 is 2.24 bits per heavy atom. The van der Waals surface area contributed by atoms with Gasteiger partial charge in [-0.15, -0.1) is 0 Å². The smallest absolute Gasteiger partial charge is 0.159 e. The number of benzene rings is 1. The lowest BCUT2D eigenvalue weighted by molar-refractivity contribution is 0.101. The van der Waals surface area contributed by atoms with Crippen LogP contribution >= 0.6 is 0 Å². The number of aliphatic hydroxyl groups is 1. The van der Waals surface area contributed by atoms with Crippen LogP contribution in [0.2, 0.25) is 0 Å². The first-order chi connectivity index (χ1) is 8.22. The average molecular weight is 233 g/mol. The van der Waals surface area contributed by atoms with Gasteiger partial charge >= 0.3 is 0 Å². The zero-order valence-corrected chi connectivity index (χ0v) is 10.3. The molecule has 0 aliphatic carbocycles. The molecule has 1 heterocycles. The standard InChI is InChI=1S/C14H19NO2/c1-11(17)12-4-5-14-13(10-12)6-8-15(14)7-2-3-9-16/h4-5,10,16H,2-3,6-9H2,1H3. The van der Waals surface area contributed by atoms with Gasteiger partial charge in [-0.2, -0.15) is 0 Å². The van der Waals surface area contributed by atoms with Crippen molar-refractivity contribution in [3.05, 3.63) is 29.3 Å². The van der Waals surface area contributed by atoms with Crippen LogP contribution in [0.1, 0.15) is 35.7 Å². The molecule has 0 unspecified atom stereocenters. The topological polar surface area (TPSA) is 40.5 Å². The van der Waals surface area contributed by atoms with Crippen molar-refractivity contribution in [1.29, 1.82) is 0 Å². The number of hydrogen-bond acceptors (Lipinski definition) is 3. The van der Waals surface area contributed by atoms with E-state index in [2.05, 4.69) is 11.0 Å². The molecule has 0 spiro atoms. The lowest BCUT2D eigenvalue weighted by atomic mass is 10.1. The Hall–Kier alpha value is -1.35. The number of ketones is 1. The minimum absolute atomic E-state index is 0.131. The minimum Gasteiger partial charge on any atom is -0.396 e. The van der Waals surface area contributed by atoms with Gasteiger partial charge in [0.2, 0.25) is 0 Å². The maximum absolute atomic E-state index is 11.3. The summed E-state index contributed by atoms with van der Waals surface area (Å²) in [6.45, 7) is 3.90. The summed E-state index contributed by atoms with van der Waals surface area (Å²) in [5.74, 6) is 0.131. The summed E-state index contributed by atoms with van der Waals surface area (Å²) < 4.78 is 0. The summed E-state index contributed by atoms with van der Waals surface area (Å²) in [5, 5.41) is 8.78. The van der Waals surface area contributed by atoms with Crippen molar-refractivity contribution in [3.63, 3.8) is 0 Å². The summed E-state index contributed by atoms with van der Waals surface area (Å²) in [7, 11) is 0. The summed E-state index contributed by atoms with van der Waals surface area (Å²) in [6.07, 6.45) is 2.90. The third-order valence-electron chi connectivity index (χ3n) is 3.31. The highest BCUT2D eigenvalue weighted by Gasteiger charge is 2.19. The Balaban J connectivity index is 2.08. The molecule has 1 aliphatic rings. The monoisotopic (exact) mass is 233 g/mol. The fraction of sp³-hybridized carbons (Fsp3) is 0.500. The molecule has 0 bridgehead atoms. The van der Waals surface area contributed by atoms with Crippen LogP contribution in [0.5, 0.6) is 0 Å². The number of fused-ring (bicyclic) bond motifs is 1. The largest absolute Gasteiger partial charge is 0.396 e. The van der Waals surface area contributed by atoms with E-state index in [0.29, 0.717) is 0 Å². The van der Waals surface area contributed by atoms with Gasteiger partial charge in [0.25, 0.3) is 0 Å². The van der Waals surface area contributed by atoms with E-state index in [1.165, 1.54) is 11.3 Å². The van der Waals surface area contributed by atoms with Crippen LogP contribution in [-0.4, -0.2) is 30.6 Å². The molecule has 0 amide bonds. The molecule has 1 N–H and O–H groups in total. The number of carbonyl (C=O) groups is 1. The number of hydrogen-bond donors (Lipinski definition) is 1. The minimum atomic E-state index is 0.131. The number of anilines is 1. The normalized spacial score (nSPS) is 13.9. The highest BCUT2D eigenvalue weighted by Crippen LogP contribution is 2.29. The second-order valence-corrected chi connectivity index (χ2v) is 4.57. The van der Waals surface area contributed by atoms with Crippen molar-refractivity contribution >= 4 is 11.5 Å². The van der Waals surface area contributed by atoms with Crippen molar-refractivity contribution in [2.75, 3.05) is 24.6 Å². The molecule has 1 aliphatic heterocycles. The summed E-state index contributed by atoms with van der Waals surface area (Å²) >= 11 is 0. The van der Waals surface area contributed by atoms with Crippen LogP contribution in [0.3, 0.4) is 0 Å². The first kappa shape index (κ1) is 12.1. The lowest BCUT2D eigenvalue weighted by Gasteiger charge is -2.19. The van der Waals surface area contributed by atoms with Crippen LogP contribution in [0.4, 0.5) is 5.69 Å². The second-order valence-electron chi connectivity index (χ2n) is 4.57. The Labute approximate surface area is 102 Å². The van der Waals surface area contributed by atoms with Crippen LogP contribution in [0.15, 0.2) is 18.2 Å². The Morgan fingerprint density at radius 1 is 1.41 bits per heavy atom. The van der Waals surface area contributed by atoms with Gasteiger partial charge in [0.15, 0.2) is 5.78 Å². The van der Waals surface area contributed by atoms with Crippen molar-refractivity contribution in [1.82, 2.24) is 0 Å². The van der Waals surface area contributed by atoms with E-state index in [1.807, 2.05) is 12.1 Å². The van der Waals surface area contributed by atoms with Crippen LogP contribution < -0.4 is 4.90 Å². The molecule has 0 saturated carbocycles. The quantitative estimate of drug-likeness (QED) is 0.625. The van der Waals surface area contributed by atoms with Gasteiger partial charge < -0.3 is 10.0 Å². The molecule has 0 radical (unpaired) electrons. The van der Waals surface area contributed by atoms with E-state index in [0.717, 1.165) is 37.9 Å². The van der Waals surface area contributed by atoms with E-state index in [9.17, 15) is 4.79 Å². The molecule has 0 fully saturated rings. The predicted molar refractivity (Wildman–Crippen MR) is 68.7 cm³/mol. The van der Waals surface area contributed by atoms with E-state index in [4.69, 9.17) is 5.11 Å². The van der Waals surface area contributed by atoms with Crippen molar-refractivity contribution in [2.24, 2.45) is 0 Å².